The molecular formula is C11H13ClN2O2S. The van der Waals surface area contributed by atoms with Gasteiger partial charge in [0.25, 0.3) is 0 Å². The van der Waals surface area contributed by atoms with Crippen LogP contribution in [0, 0.1) is 0 Å². The molecule has 2 heterocycles. The first-order valence-electron chi connectivity index (χ1n) is 5.10. The molecule has 0 spiro atoms. The van der Waals surface area contributed by atoms with E-state index >= 15 is 0 Å². The molecule has 0 fully saturated rings. The number of imidazole rings is 1. The maximum Gasteiger partial charge on any atom is 0.186 e. The van der Waals surface area contributed by atoms with Crippen LogP contribution >= 0.6 is 11.6 Å². The summed E-state index contributed by atoms with van der Waals surface area (Å²) in [5, 5.41) is 0.207. The van der Waals surface area contributed by atoms with Gasteiger partial charge in [-0.15, -0.1) is 0 Å². The van der Waals surface area contributed by atoms with Gasteiger partial charge in [-0.1, -0.05) is 11.6 Å². The number of sulfone groups is 1. The van der Waals surface area contributed by atoms with Crippen molar-refractivity contribution in [1.29, 1.82) is 0 Å². The summed E-state index contributed by atoms with van der Waals surface area (Å²) in [6, 6.07) is 1.56. The van der Waals surface area contributed by atoms with Crippen LogP contribution in [0.2, 0.25) is 5.02 Å². The van der Waals surface area contributed by atoms with Crippen LogP contribution in [0.3, 0.4) is 0 Å². The number of fused-ring (bicyclic) bond motifs is 1. The van der Waals surface area contributed by atoms with Crippen LogP contribution in [-0.2, 0) is 9.84 Å². The topological polar surface area (TPSA) is 51.4 Å². The zero-order valence-corrected chi connectivity index (χ0v) is 11.4. The van der Waals surface area contributed by atoms with Crippen LogP contribution in [0.5, 0.6) is 0 Å². The first kappa shape index (κ1) is 12.4. The molecule has 0 atom stereocenters. The number of rotatable bonds is 1. The molecule has 17 heavy (non-hydrogen) atoms. The lowest BCUT2D eigenvalue weighted by atomic mass is 10.3. The summed E-state index contributed by atoms with van der Waals surface area (Å²) in [5.74, 6) is 0. The van der Waals surface area contributed by atoms with E-state index in [1.54, 1.807) is 43.6 Å². The highest BCUT2D eigenvalue weighted by Crippen LogP contribution is 2.30. The van der Waals surface area contributed by atoms with Crippen LogP contribution in [0.1, 0.15) is 20.8 Å². The molecule has 0 saturated carbocycles. The first-order chi connectivity index (χ1) is 7.73. The first-order valence-corrected chi connectivity index (χ1v) is 6.96. The Hall–Kier alpha value is -1.07. The van der Waals surface area contributed by atoms with Gasteiger partial charge in [-0.2, -0.15) is 0 Å². The molecule has 0 unspecified atom stereocenters. The monoisotopic (exact) mass is 272 g/mol. The van der Waals surface area contributed by atoms with Crippen LogP contribution < -0.4 is 0 Å². The van der Waals surface area contributed by atoms with Gasteiger partial charge in [0.05, 0.1) is 9.77 Å². The molecule has 92 valence electrons. The van der Waals surface area contributed by atoms with E-state index < -0.39 is 14.6 Å². The summed E-state index contributed by atoms with van der Waals surface area (Å²) in [6.45, 7) is 4.95. The van der Waals surface area contributed by atoms with Gasteiger partial charge in [0.15, 0.2) is 9.84 Å². The molecular weight excluding hydrogens is 260 g/mol. The third kappa shape index (κ3) is 1.93. The van der Waals surface area contributed by atoms with Gasteiger partial charge in [-0.05, 0) is 20.8 Å². The molecule has 0 aliphatic heterocycles. The van der Waals surface area contributed by atoms with Gasteiger partial charge in [-0.3, -0.25) is 0 Å². The number of pyridine rings is 1. The van der Waals surface area contributed by atoms with E-state index in [0.717, 1.165) is 0 Å². The quantitative estimate of drug-likeness (QED) is 0.802. The molecule has 0 amide bonds. The largest absolute Gasteiger partial charge is 0.306 e. The second kappa shape index (κ2) is 3.71. The van der Waals surface area contributed by atoms with Crippen molar-refractivity contribution in [2.45, 2.75) is 30.4 Å². The van der Waals surface area contributed by atoms with Crippen molar-refractivity contribution in [3.8, 4) is 0 Å². The summed E-state index contributed by atoms with van der Waals surface area (Å²) < 4.78 is 25.4. The fraction of sp³-hybridized carbons (Fsp3) is 0.364. The van der Waals surface area contributed by atoms with Gasteiger partial charge in [0, 0.05) is 24.7 Å². The van der Waals surface area contributed by atoms with E-state index in [9.17, 15) is 8.42 Å². The Morgan fingerprint density at radius 2 is 2.00 bits per heavy atom. The Morgan fingerprint density at radius 3 is 2.59 bits per heavy atom. The lowest BCUT2D eigenvalue weighted by molar-refractivity contribution is 0.559. The average Bonchev–Trinajstić information content (AvgIpc) is 2.61. The van der Waals surface area contributed by atoms with Gasteiger partial charge >= 0.3 is 0 Å². The van der Waals surface area contributed by atoms with Crippen LogP contribution in [0.25, 0.3) is 5.65 Å². The highest BCUT2D eigenvalue weighted by molar-refractivity contribution is 7.92. The second-order valence-electron chi connectivity index (χ2n) is 4.79. The lowest BCUT2D eigenvalue weighted by Crippen LogP contribution is -2.28. The summed E-state index contributed by atoms with van der Waals surface area (Å²) >= 11 is 6.02. The lowest BCUT2D eigenvalue weighted by Gasteiger charge is -2.20. The molecule has 0 radical (unpaired) electrons. The molecule has 2 rings (SSSR count). The average molecular weight is 273 g/mol. The maximum absolute atomic E-state index is 12.3. The fourth-order valence-electron chi connectivity index (χ4n) is 1.45. The number of nitrogens with zero attached hydrogens (tertiary/aromatic N) is 2. The van der Waals surface area contributed by atoms with Crippen LogP contribution in [0.15, 0.2) is 29.6 Å². The SMILES string of the molecule is CC(C)(C)S(=O)(=O)c1cn2ccnc2cc1Cl. The number of aromatic nitrogens is 2. The number of halogens is 1. The zero-order valence-electron chi connectivity index (χ0n) is 9.81. The van der Waals surface area contributed by atoms with Gasteiger partial charge in [-0.25, -0.2) is 13.4 Å². The van der Waals surface area contributed by atoms with E-state index in [1.165, 1.54) is 6.20 Å². The minimum atomic E-state index is -3.46. The Balaban J connectivity index is 2.75. The Labute approximate surface area is 105 Å². The highest BCUT2D eigenvalue weighted by Gasteiger charge is 2.33. The van der Waals surface area contributed by atoms with Crippen molar-refractivity contribution >= 4 is 27.1 Å². The highest BCUT2D eigenvalue weighted by atomic mass is 35.5. The predicted octanol–water partition coefficient (Wildman–Crippen LogP) is 2.56. The van der Waals surface area contributed by atoms with Crippen LogP contribution in [-0.4, -0.2) is 22.5 Å². The third-order valence-corrected chi connectivity index (χ3v) is 5.48. The van der Waals surface area contributed by atoms with Gasteiger partial charge in [0.2, 0.25) is 0 Å². The molecule has 0 bridgehead atoms. The van der Waals surface area contributed by atoms with Crippen molar-refractivity contribution in [2.24, 2.45) is 0 Å². The molecule has 0 aliphatic carbocycles. The zero-order chi connectivity index (χ0) is 12.8. The Bertz CT molecular complexity index is 668. The molecule has 2 aromatic heterocycles. The number of hydrogen-bond donors (Lipinski definition) is 0. The molecule has 6 heteroatoms. The molecule has 0 aliphatic rings. The van der Waals surface area contributed by atoms with E-state index in [-0.39, 0.29) is 9.92 Å². The summed E-state index contributed by atoms with van der Waals surface area (Å²) in [6.07, 6.45) is 4.79. The van der Waals surface area contributed by atoms with E-state index in [4.69, 9.17) is 11.6 Å². The molecule has 4 nitrogen and oxygen atoms in total. The standard InChI is InChI=1S/C11H13ClN2O2S/c1-11(2,3)17(15,16)9-7-14-5-4-13-10(14)6-8(9)12/h4-7H,1-3H3. The number of hydrogen-bond acceptors (Lipinski definition) is 3. The van der Waals surface area contributed by atoms with E-state index in [1.807, 2.05) is 0 Å². The molecule has 0 N–H and O–H groups in total. The second-order valence-corrected chi connectivity index (χ2v) is 7.87. The maximum atomic E-state index is 12.3. The van der Waals surface area contributed by atoms with Gasteiger partial charge in [0.1, 0.15) is 10.5 Å². The smallest absolute Gasteiger partial charge is 0.186 e. The summed E-state index contributed by atoms with van der Waals surface area (Å²) in [4.78, 5) is 4.18. The van der Waals surface area contributed by atoms with Crippen LogP contribution in [0.4, 0.5) is 0 Å². The predicted molar refractivity (Wildman–Crippen MR) is 67.1 cm³/mol. The van der Waals surface area contributed by atoms with Crippen molar-refractivity contribution in [3.63, 3.8) is 0 Å². The summed E-state index contributed by atoms with van der Waals surface area (Å²) in [7, 11) is -3.46. The van der Waals surface area contributed by atoms with E-state index in [2.05, 4.69) is 4.98 Å². The van der Waals surface area contributed by atoms with Crippen molar-refractivity contribution < 1.29 is 8.42 Å². The Morgan fingerprint density at radius 1 is 1.35 bits per heavy atom. The molecule has 0 saturated heterocycles. The van der Waals surface area contributed by atoms with Gasteiger partial charge < -0.3 is 4.40 Å². The molecule has 2 aromatic rings. The fourth-order valence-corrected chi connectivity index (χ4v) is 3.12. The summed E-state index contributed by atoms with van der Waals surface area (Å²) in [5.41, 5.74) is 0.628. The minimum absolute atomic E-state index is 0.136. The third-order valence-electron chi connectivity index (χ3n) is 2.54. The normalized spacial score (nSPS) is 13.2. The minimum Gasteiger partial charge on any atom is -0.306 e. The van der Waals surface area contributed by atoms with Crippen molar-refractivity contribution in [1.82, 2.24) is 9.38 Å². The Kier molecular flexibility index (Phi) is 2.71. The van der Waals surface area contributed by atoms with E-state index in [0.29, 0.717) is 5.65 Å². The van der Waals surface area contributed by atoms with Crippen molar-refractivity contribution in [2.75, 3.05) is 0 Å². The van der Waals surface area contributed by atoms with Crippen molar-refractivity contribution in [3.05, 3.63) is 29.7 Å². The molecule has 0 aromatic carbocycles.